The van der Waals surface area contributed by atoms with Crippen molar-refractivity contribution >= 4 is 0 Å². The Kier molecular flexibility index (Phi) is 4.08. The highest BCUT2D eigenvalue weighted by Gasteiger charge is 2.56. The molecule has 90 valence electrons. The molecule has 0 aromatic rings. The Labute approximate surface area is 89.0 Å². The largest absolute Gasteiger partial charge is 0.396 e. The zero-order valence-electron chi connectivity index (χ0n) is 8.76. The second-order valence-corrected chi connectivity index (χ2v) is 4.48. The van der Waals surface area contributed by atoms with Gasteiger partial charge in [-0.2, -0.15) is 0 Å². The third-order valence-electron chi connectivity index (χ3n) is 4.00. The Bertz CT molecular complexity index is 198. The minimum absolute atomic E-state index is 0.346. The van der Waals surface area contributed by atoms with Crippen LogP contribution in [0, 0.1) is 10.8 Å². The molecule has 0 heterocycles. The molecule has 0 radical (unpaired) electrons. The summed E-state index contributed by atoms with van der Waals surface area (Å²) in [7, 11) is 0. The van der Waals surface area contributed by atoms with E-state index in [1.165, 1.54) is 0 Å². The Morgan fingerprint density at radius 1 is 0.933 bits per heavy atom. The molecule has 5 nitrogen and oxygen atoms in total. The molecule has 1 unspecified atom stereocenters. The zero-order valence-corrected chi connectivity index (χ0v) is 8.76. The molecule has 5 N–H and O–H groups in total. The maximum absolute atomic E-state index is 9.88. The van der Waals surface area contributed by atoms with Crippen LogP contribution in [0.4, 0.5) is 0 Å². The molecule has 0 spiro atoms. The van der Waals surface area contributed by atoms with E-state index in [2.05, 4.69) is 0 Å². The summed E-state index contributed by atoms with van der Waals surface area (Å²) >= 11 is 0. The first kappa shape index (κ1) is 12.9. The lowest BCUT2D eigenvalue weighted by atomic mass is 9.55. The van der Waals surface area contributed by atoms with Crippen LogP contribution < -0.4 is 0 Å². The SMILES string of the molecule is OCC1(CO)CCCC(O)C1(CO)CO. The van der Waals surface area contributed by atoms with Crippen LogP contribution in [0.5, 0.6) is 0 Å². The third-order valence-corrected chi connectivity index (χ3v) is 4.00. The smallest absolute Gasteiger partial charge is 0.0647 e. The second kappa shape index (κ2) is 4.76. The molecular weight excluding hydrogens is 200 g/mol. The van der Waals surface area contributed by atoms with Gasteiger partial charge in [-0.3, -0.25) is 0 Å². The Morgan fingerprint density at radius 2 is 1.47 bits per heavy atom. The first-order valence-corrected chi connectivity index (χ1v) is 5.24. The first-order chi connectivity index (χ1) is 7.12. The van der Waals surface area contributed by atoms with Gasteiger partial charge >= 0.3 is 0 Å². The molecule has 1 fully saturated rings. The first-order valence-electron chi connectivity index (χ1n) is 5.24. The molecule has 1 aliphatic rings. The van der Waals surface area contributed by atoms with Gasteiger partial charge in [-0.25, -0.2) is 0 Å². The van der Waals surface area contributed by atoms with Gasteiger partial charge in [0.05, 0.1) is 37.9 Å². The summed E-state index contributed by atoms with van der Waals surface area (Å²) in [5, 5.41) is 47.3. The van der Waals surface area contributed by atoms with Gasteiger partial charge in [-0.15, -0.1) is 0 Å². The number of rotatable bonds is 4. The number of hydrogen-bond donors (Lipinski definition) is 5. The summed E-state index contributed by atoms with van der Waals surface area (Å²) < 4.78 is 0. The van der Waals surface area contributed by atoms with Crippen molar-refractivity contribution in [1.29, 1.82) is 0 Å². The lowest BCUT2D eigenvalue weighted by Gasteiger charge is -2.53. The molecule has 15 heavy (non-hydrogen) atoms. The number of aliphatic hydroxyl groups is 5. The van der Waals surface area contributed by atoms with E-state index in [1.807, 2.05) is 0 Å². The molecule has 1 rings (SSSR count). The van der Waals surface area contributed by atoms with E-state index in [9.17, 15) is 25.5 Å². The van der Waals surface area contributed by atoms with Crippen molar-refractivity contribution in [3.63, 3.8) is 0 Å². The fourth-order valence-corrected chi connectivity index (χ4v) is 2.63. The summed E-state index contributed by atoms with van der Waals surface area (Å²) in [6.45, 7) is -1.57. The van der Waals surface area contributed by atoms with Crippen LogP contribution in [0.1, 0.15) is 19.3 Å². The lowest BCUT2D eigenvalue weighted by Crippen LogP contribution is -2.60. The molecule has 1 aliphatic carbocycles. The highest BCUT2D eigenvalue weighted by molar-refractivity contribution is 5.04. The van der Waals surface area contributed by atoms with E-state index in [1.54, 1.807) is 0 Å². The van der Waals surface area contributed by atoms with Crippen molar-refractivity contribution in [2.24, 2.45) is 10.8 Å². The zero-order chi connectivity index (χ0) is 11.5. The minimum atomic E-state index is -1.20. The van der Waals surface area contributed by atoms with Crippen molar-refractivity contribution < 1.29 is 25.5 Å². The van der Waals surface area contributed by atoms with Gasteiger partial charge < -0.3 is 25.5 Å². The normalized spacial score (nSPS) is 29.0. The van der Waals surface area contributed by atoms with Gasteiger partial charge in [0.2, 0.25) is 0 Å². The van der Waals surface area contributed by atoms with Gasteiger partial charge in [0.1, 0.15) is 0 Å². The summed E-state index contributed by atoms with van der Waals surface area (Å²) in [4.78, 5) is 0. The summed E-state index contributed by atoms with van der Waals surface area (Å²) in [5.74, 6) is 0. The van der Waals surface area contributed by atoms with E-state index in [0.717, 1.165) is 0 Å². The average molecular weight is 220 g/mol. The van der Waals surface area contributed by atoms with Crippen molar-refractivity contribution in [3.8, 4) is 0 Å². The van der Waals surface area contributed by atoms with Gasteiger partial charge in [0.15, 0.2) is 0 Å². The summed E-state index contributed by atoms with van der Waals surface area (Å²) in [6.07, 6.45) is 0.756. The van der Waals surface area contributed by atoms with Crippen molar-refractivity contribution in [2.45, 2.75) is 25.4 Å². The highest BCUT2D eigenvalue weighted by Crippen LogP contribution is 2.49. The fraction of sp³-hybridized carbons (Fsp3) is 1.00. The van der Waals surface area contributed by atoms with E-state index in [4.69, 9.17) is 0 Å². The van der Waals surface area contributed by atoms with Gasteiger partial charge in [0.25, 0.3) is 0 Å². The van der Waals surface area contributed by atoms with Crippen molar-refractivity contribution in [1.82, 2.24) is 0 Å². The van der Waals surface area contributed by atoms with Crippen LogP contribution in [-0.2, 0) is 0 Å². The van der Waals surface area contributed by atoms with E-state index >= 15 is 0 Å². The Hall–Kier alpha value is -0.200. The van der Waals surface area contributed by atoms with Gasteiger partial charge in [-0.1, -0.05) is 6.42 Å². The van der Waals surface area contributed by atoms with E-state index in [-0.39, 0.29) is 13.2 Å². The summed E-state index contributed by atoms with van der Waals surface area (Å²) in [6, 6.07) is 0. The molecule has 0 aromatic carbocycles. The quantitative estimate of drug-likeness (QED) is 0.396. The molecule has 0 aliphatic heterocycles. The van der Waals surface area contributed by atoms with Crippen LogP contribution in [-0.4, -0.2) is 58.1 Å². The van der Waals surface area contributed by atoms with E-state index < -0.39 is 30.1 Å². The number of aliphatic hydroxyl groups excluding tert-OH is 5. The standard InChI is InChI=1S/C10H20O5/c11-4-9(5-12)3-1-2-8(15)10(9,6-13)7-14/h8,11-15H,1-7H2. The van der Waals surface area contributed by atoms with Gasteiger partial charge in [0, 0.05) is 5.41 Å². The highest BCUT2D eigenvalue weighted by atomic mass is 16.3. The molecule has 0 bridgehead atoms. The fourth-order valence-electron chi connectivity index (χ4n) is 2.63. The molecule has 0 aromatic heterocycles. The topological polar surface area (TPSA) is 101 Å². The van der Waals surface area contributed by atoms with Crippen molar-refractivity contribution in [2.75, 3.05) is 26.4 Å². The second-order valence-electron chi connectivity index (χ2n) is 4.48. The van der Waals surface area contributed by atoms with Crippen LogP contribution in [0.15, 0.2) is 0 Å². The van der Waals surface area contributed by atoms with Gasteiger partial charge in [-0.05, 0) is 12.8 Å². The predicted molar refractivity (Wildman–Crippen MR) is 53.1 cm³/mol. The monoisotopic (exact) mass is 220 g/mol. The average Bonchev–Trinajstić information content (AvgIpc) is 2.29. The van der Waals surface area contributed by atoms with E-state index in [0.29, 0.717) is 19.3 Å². The van der Waals surface area contributed by atoms with Crippen LogP contribution in [0.2, 0.25) is 0 Å². The van der Waals surface area contributed by atoms with Crippen LogP contribution >= 0.6 is 0 Å². The number of hydrogen-bond acceptors (Lipinski definition) is 5. The third kappa shape index (κ3) is 1.68. The Morgan fingerprint density at radius 3 is 1.80 bits per heavy atom. The Balaban J connectivity index is 3.09. The molecule has 1 saturated carbocycles. The molecule has 5 heteroatoms. The molecule has 1 atom stereocenters. The van der Waals surface area contributed by atoms with Crippen molar-refractivity contribution in [3.05, 3.63) is 0 Å². The predicted octanol–water partition coefficient (Wildman–Crippen LogP) is -1.53. The molecular formula is C10H20O5. The van der Waals surface area contributed by atoms with Crippen LogP contribution in [0.25, 0.3) is 0 Å². The maximum atomic E-state index is 9.88. The lowest BCUT2D eigenvalue weighted by molar-refractivity contribution is -0.192. The molecule has 0 saturated heterocycles. The molecule has 0 amide bonds. The maximum Gasteiger partial charge on any atom is 0.0647 e. The van der Waals surface area contributed by atoms with Crippen LogP contribution in [0.3, 0.4) is 0 Å². The summed E-state index contributed by atoms with van der Waals surface area (Å²) in [5.41, 5.74) is -2.19. The minimum Gasteiger partial charge on any atom is -0.396 e.